The van der Waals surface area contributed by atoms with Gasteiger partial charge in [-0.15, -0.1) is 0 Å². The molecule has 0 bridgehead atoms. The van der Waals surface area contributed by atoms with E-state index in [1.807, 2.05) is 6.92 Å². The lowest BCUT2D eigenvalue weighted by Gasteiger charge is -2.05. The van der Waals surface area contributed by atoms with Crippen LogP contribution in [0.4, 0.5) is 0 Å². The molecular formula is C11H15ClO2S. The van der Waals surface area contributed by atoms with Crippen molar-refractivity contribution in [3.8, 4) is 0 Å². The number of benzene rings is 1. The van der Waals surface area contributed by atoms with Gasteiger partial charge in [0.15, 0.2) is 9.84 Å². The van der Waals surface area contributed by atoms with E-state index in [2.05, 4.69) is 0 Å². The summed E-state index contributed by atoms with van der Waals surface area (Å²) in [5.41, 5.74) is 0. The molecule has 0 aliphatic heterocycles. The van der Waals surface area contributed by atoms with Crippen LogP contribution in [0.5, 0.6) is 0 Å². The molecule has 0 fully saturated rings. The Kier molecular flexibility index (Phi) is 4.61. The molecule has 0 saturated carbocycles. The first-order valence-corrected chi connectivity index (χ1v) is 7.08. The van der Waals surface area contributed by atoms with E-state index in [9.17, 15) is 8.42 Å². The van der Waals surface area contributed by atoms with E-state index >= 15 is 0 Å². The van der Waals surface area contributed by atoms with Gasteiger partial charge in [0, 0.05) is 0 Å². The Hall–Kier alpha value is -0.540. The summed E-state index contributed by atoms with van der Waals surface area (Å²) in [6.07, 6.45) is 2.64. The lowest BCUT2D eigenvalue weighted by atomic mass is 10.3. The Morgan fingerprint density at radius 2 is 1.87 bits per heavy atom. The molecule has 0 spiro atoms. The van der Waals surface area contributed by atoms with E-state index in [1.165, 1.54) is 0 Å². The molecule has 0 saturated heterocycles. The zero-order valence-electron chi connectivity index (χ0n) is 8.74. The predicted molar refractivity (Wildman–Crippen MR) is 63.0 cm³/mol. The lowest BCUT2D eigenvalue weighted by Crippen LogP contribution is -2.07. The Labute approximate surface area is 96.2 Å². The summed E-state index contributed by atoms with van der Waals surface area (Å²) < 4.78 is 23.7. The van der Waals surface area contributed by atoms with Crippen LogP contribution in [0.25, 0.3) is 0 Å². The SMILES string of the molecule is CCCCCS(=O)(=O)c1ccccc1Cl. The van der Waals surface area contributed by atoms with Crippen LogP contribution < -0.4 is 0 Å². The number of halogens is 1. The number of sulfone groups is 1. The lowest BCUT2D eigenvalue weighted by molar-refractivity contribution is 0.591. The first kappa shape index (κ1) is 12.5. The first-order chi connectivity index (χ1) is 7.08. The van der Waals surface area contributed by atoms with Crippen molar-refractivity contribution in [2.75, 3.05) is 5.75 Å². The standard InChI is InChI=1S/C11H15ClO2S/c1-2-3-6-9-15(13,14)11-8-5-4-7-10(11)12/h4-5,7-8H,2-3,6,9H2,1H3. The fourth-order valence-electron chi connectivity index (χ4n) is 1.35. The molecule has 1 rings (SSSR count). The Balaban J connectivity index is 2.83. The fraction of sp³-hybridized carbons (Fsp3) is 0.455. The molecule has 1 aromatic carbocycles. The summed E-state index contributed by atoms with van der Waals surface area (Å²) in [5, 5.41) is 0.314. The number of hydrogen-bond acceptors (Lipinski definition) is 2. The number of unbranched alkanes of at least 4 members (excludes halogenated alkanes) is 2. The van der Waals surface area contributed by atoms with Crippen LogP contribution in [0.3, 0.4) is 0 Å². The smallest absolute Gasteiger partial charge is 0.179 e. The van der Waals surface area contributed by atoms with Crippen LogP contribution >= 0.6 is 11.6 Å². The van der Waals surface area contributed by atoms with Crippen molar-refractivity contribution in [2.45, 2.75) is 31.1 Å². The van der Waals surface area contributed by atoms with E-state index in [4.69, 9.17) is 11.6 Å². The second-order valence-electron chi connectivity index (χ2n) is 3.46. The van der Waals surface area contributed by atoms with Crippen molar-refractivity contribution in [3.63, 3.8) is 0 Å². The average Bonchev–Trinajstić information content (AvgIpc) is 2.18. The van der Waals surface area contributed by atoms with Gasteiger partial charge in [-0.25, -0.2) is 8.42 Å². The highest BCUT2D eigenvalue weighted by atomic mass is 35.5. The topological polar surface area (TPSA) is 34.1 Å². The van der Waals surface area contributed by atoms with Crippen molar-refractivity contribution in [1.29, 1.82) is 0 Å². The molecular weight excluding hydrogens is 232 g/mol. The zero-order valence-corrected chi connectivity index (χ0v) is 10.3. The molecule has 1 aromatic rings. The highest BCUT2D eigenvalue weighted by molar-refractivity contribution is 7.91. The maximum atomic E-state index is 11.8. The highest BCUT2D eigenvalue weighted by Crippen LogP contribution is 2.22. The molecule has 0 amide bonds. The van der Waals surface area contributed by atoms with E-state index in [0.29, 0.717) is 11.4 Å². The van der Waals surface area contributed by atoms with Crippen molar-refractivity contribution in [2.24, 2.45) is 0 Å². The normalized spacial score (nSPS) is 11.6. The third-order valence-electron chi connectivity index (χ3n) is 2.19. The second kappa shape index (κ2) is 5.52. The van der Waals surface area contributed by atoms with Crippen molar-refractivity contribution in [3.05, 3.63) is 29.3 Å². The van der Waals surface area contributed by atoms with Crippen LogP contribution in [-0.4, -0.2) is 14.2 Å². The summed E-state index contributed by atoms with van der Waals surface area (Å²) in [5.74, 6) is 0.185. The monoisotopic (exact) mass is 246 g/mol. The minimum absolute atomic E-state index is 0.185. The molecule has 0 unspecified atom stereocenters. The molecule has 2 nitrogen and oxygen atoms in total. The van der Waals surface area contributed by atoms with Crippen LogP contribution in [0.15, 0.2) is 29.2 Å². The first-order valence-electron chi connectivity index (χ1n) is 5.05. The Morgan fingerprint density at radius 3 is 2.47 bits per heavy atom. The minimum atomic E-state index is -3.20. The van der Waals surface area contributed by atoms with E-state index < -0.39 is 9.84 Å². The second-order valence-corrected chi connectivity index (χ2v) is 5.94. The molecule has 4 heteroatoms. The molecule has 0 atom stereocenters. The molecule has 0 aromatic heterocycles. The van der Waals surface area contributed by atoms with E-state index in [1.54, 1.807) is 24.3 Å². The number of hydrogen-bond donors (Lipinski definition) is 0. The summed E-state index contributed by atoms with van der Waals surface area (Å²) in [7, 11) is -3.20. The summed E-state index contributed by atoms with van der Waals surface area (Å²) in [6, 6.07) is 6.59. The van der Waals surface area contributed by atoms with Crippen molar-refractivity contribution in [1.82, 2.24) is 0 Å². The van der Waals surface area contributed by atoms with Crippen LogP contribution in [-0.2, 0) is 9.84 Å². The molecule has 15 heavy (non-hydrogen) atoms. The molecule has 0 aliphatic rings. The van der Waals surface area contributed by atoms with Gasteiger partial charge in [0.05, 0.1) is 15.7 Å². The average molecular weight is 247 g/mol. The van der Waals surface area contributed by atoms with Gasteiger partial charge in [-0.05, 0) is 18.6 Å². The quantitative estimate of drug-likeness (QED) is 0.747. The Bertz CT molecular complexity index is 412. The van der Waals surface area contributed by atoms with Gasteiger partial charge in [0.1, 0.15) is 0 Å². The maximum absolute atomic E-state index is 11.8. The maximum Gasteiger partial charge on any atom is 0.179 e. The number of rotatable bonds is 5. The molecule has 0 radical (unpaired) electrons. The third-order valence-corrected chi connectivity index (χ3v) is 4.48. The van der Waals surface area contributed by atoms with Crippen LogP contribution in [0.1, 0.15) is 26.2 Å². The zero-order chi connectivity index (χ0) is 11.3. The van der Waals surface area contributed by atoms with E-state index in [-0.39, 0.29) is 10.6 Å². The predicted octanol–water partition coefficient (Wildman–Crippen LogP) is 3.30. The fourth-order valence-corrected chi connectivity index (χ4v) is 3.29. The van der Waals surface area contributed by atoms with Gasteiger partial charge in [-0.3, -0.25) is 0 Å². The largest absolute Gasteiger partial charge is 0.224 e. The highest BCUT2D eigenvalue weighted by Gasteiger charge is 2.16. The van der Waals surface area contributed by atoms with Gasteiger partial charge in [-0.1, -0.05) is 43.5 Å². The van der Waals surface area contributed by atoms with Gasteiger partial charge >= 0.3 is 0 Å². The van der Waals surface area contributed by atoms with Crippen molar-refractivity contribution < 1.29 is 8.42 Å². The summed E-state index contributed by atoms with van der Waals surface area (Å²) in [4.78, 5) is 0.253. The summed E-state index contributed by atoms with van der Waals surface area (Å²) in [6.45, 7) is 2.04. The third kappa shape index (κ3) is 3.50. The van der Waals surface area contributed by atoms with Gasteiger partial charge in [0.25, 0.3) is 0 Å². The van der Waals surface area contributed by atoms with Crippen LogP contribution in [0.2, 0.25) is 5.02 Å². The molecule has 0 aliphatic carbocycles. The van der Waals surface area contributed by atoms with Gasteiger partial charge < -0.3 is 0 Å². The van der Waals surface area contributed by atoms with Gasteiger partial charge in [-0.2, -0.15) is 0 Å². The molecule has 0 N–H and O–H groups in total. The Morgan fingerprint density at radius 1 is 1.20 bits per heavy atom. The van der Waals surface area contributed by atoms with Crippen LogP contribution in [0, 0.1) is 0 Å². The van der Waals surface area contributed by atoms with Gasteiger partial charge in [0.2, 0.25) is 0 Å². The molecule has 0 heterocycles. The summed E-state index contributed by atoms with van der Waals surface area (Å²) >= 11 is 5.84. The minimum Gasteiger partial charge on any atom is -0.224 e. The van der Waals surface area contributed by atoms with E-state index in [0.717, 1.165) is 12.8 Å². The van der Waals surface area contributed by atoms with Crippen molar-refractivity contribution >= 4 is 21.4 Å². The molecule has 84 valence electrons.